The Morgan fingerprint density at radius 2 is 1.10 bits per heavy atom. The van der Waals surface area contributed by atoms with Gasteiger partial charge in [0, 0.05) is 27.8 Å². The highest BCUT2D eigenvalue weighted by Gasteiger charge is 2.21. The van der Waals surface area contributed by atoms with Crippen molar-refractivity contribution in [2.45, 2.75) is 0 Å². The molecule has 2 heteroatoms. The predicted molar refractivity (Wildman–Crippen MR) is 203 cm³/mol. The van der Waals surface area contributed by atoms with Crippen LogP contribution in [0.15, 0.2) is 170 Å². The minimum absolute atomic E-state index is 1.07. The highest BCUT2D eigenvalue weighted by atomic mass is 15.1. The Balaban J connectivity index is 1.30. The van der Waals surface area contributed by atoms with Crippen molar-refractivity contribution in [1.82, 2.24) is 4.57 Å². The van der Waals surface area contributed by atoms with Gasteiger partial charge in [-0.15, -0.1) is 0 Å². The minimum Gasteiger partial charge on any atom is -0.310 e. The first-order valence-corrected chi connectivity index (χ1v) is 16.4. The Morgan fingerprint density at radius 3 is 1.90 bits per heavy atom. The van der Waals surface area contributed by atoms with E-state index in [4.69, 9.17) is 0 Å². The van der Waals surface area contributed by atoms with E-state index in [-0.39, 0.29) is 0 Å². The van der Waals surface area contributed by atoms with E-state index in [1.807, 2.05) is 6.07 Å². The second kappa shape index (κ2) is 10.5. The maximum absolute atomic E-state index is 3.44. The molecule has 0 unspecified atom stereocenters. The van der Waals surface area contributed by atoms with Gasteiger partial charge in [-0.2, -0.15) is 0 Å². The Hall–Kier alpha value is -6.56. The summed E-state index contributed by atoms with van der Waals surface area (Å²) in [4.78, 5) is 2.42. The summed E-state index contributed by atoms with van der Waals surface area (Å²) < 4.78 is 2.38. The van der Waals surface area contributed by atoms with E-state index in [1.54, 1.807) is 0 Å². The number of hydrogen-bond donors (Lipinski definition) is 0. The Bertz CT molecular complexity index is 2800. The highest BCUT2D eigenvalue weighted by molar-refractivity contribution is 6.28. The van der Waals surface area contributed by atoms with E-state index in [1.165, 1.54) is 43.1 Å². The highest BCUT2D eigenvalue weighted by Crippen LogP contribution is 2.45. The standard InChI is InChI=1S/C46H28N2/c1-2-15-33(16-3-1)47(44-24-12-22-42-38-18-7-6-17-36(38)37-19-8-9-21-41(37)46(42)44)35-27-28-40-39-20-10-11-23-43(39)48(45(40)30-35)34-26-25-31-13-4-5-14-32(31)29-34/h1-9,11-19,21-30H. The molecular weight excluding hydrogens is 581 g/mol. The van der Waals surface area contributed by atoms with Crippen LogP contribution >= 0.6 is 0 Å². The van der Waals surface area contributed by atoms with Crippen molar-refractivity contribution in [3.05, 3.63) is 182 Å². The molecule has 1 aromatic heterocycles. The molecule has 10 aromatic rings. The van der Waals surface area contributed by atoms with Gasteiger partial charge in [0.05, 0.1) is 22.1 Å². The number of para-hydroxylation sites is 1. The van der Waals surface area contributed by atoms with Gasteiger partial charge in [-0.3, -0.25) is 0 Å². The second-order valence-corrected chi connectivity index (χ2v) is 12.4. The lowest BCUT2D eigenvalue weighted by Gasteiger charge is -2.28. The van der Waals surface area contributed by atoms with Crippen molar-refractivity contribution >= 4 is 82.0 Å². The van der Waals surface area contributed by atoms with Crippen LogP contribution in [0, 0.1) is 12.1 Å². The van der Waals surface area contributed by atoms with Gasteiger partial charge in [0.25, 0.3) is 0 Å². The lowest BCUT2D eigenvalue weighted by molar-refractivity contribution is 1.18. The van der Waals surface area contributed by atoms with Gasteiger partial charge < -0.3 is 9.47 Å². The van der Waals surface area contributed by atoms with Crippen LogP contribution in [-0.4, -0.2) is 4.57 Å². The fourth-order valence-corrected chi connectivity index (χ4v) is 7.68. The summed E-state index contributed by atoms with van der Waals surface area (Å²) in [6.45, 7) is 0. The smallest absolute Gasteiger partial charge is 0.0631 e. The first kappa shape index (κ1) is 26.6. The topological polar surface area (TPSA) is 8.17 Å². The molecule has 10 rings (SSSR count). The molecule has 2 nitrogen and oxygen atoms in total. The third kappa shape index (κ3) is 3.95. The lowest BCUT2D eigenvalue weighted by Crippen LogP contribution is -2.10. The van der Waals surface area contributed by atoms with Gasteiger partial charge in [0.1, 0.15) is 0 Å². The third-order valence-electron chi connectivity index (χ3n) is 9.76. The summed E-state index contributed by atoms with van der Waals surface area (Å²) in [5, 5.41) is 12.2. The second-order valence-electron chi connectivity index (χ2n) is 12.4. The van der Waals surface area contributed by atoms with Gasteiger partial charge in [0.2, 0.25) is 0 Å². The molecule has 0 aliphatic heterocycles. The van der Waals surface area contributed by atoms with Crippen LogP contribution in [0.1, 0.15) is 0 Å². The van der Waals surface area contributed by atoms with Crippen LogP contribution in [-0.2, 0) is 0 Å². The van der Waals surface area contributed by atoms with E-state index in [2.05, 4.69) is 185 Å². The van der Waals surface area contributed by atoms with Crippen LogP contribution in [0.4, 0.5) is 17.1 Å². The zero-order valence-electron chi connectivity index (χ0n) is 26.1. The lowest BCUT2D eigenvalue weighted by atomic mass is 9.93. The average Bonchev–Trinajstić information content (AvgIpc) is 3.49. The van der Waals surface area contributed by atoms with Gasteiger partial charge >= 0.3 is 0 Å². The fraction of sp³-hybridized carbons (Fsp3) is 0. The molecular formula is C46H28N2. The number of aromatic nitrogens is 1. The van der Waals surface area contributed by atoms with Crippen LogP contribution < -0.4 is 4.90 Å². The van der Waals surface area contributed by atoms with Gasteiger partial charge in [-0.05, 0) is 98.4 Å². The van der Waals surface area contributed by atoms with Crippen LogP contribution in [0.2, 0.25) is 0 Å². The molecule has 0 bridgehead atoms. The van der Waals surface area contributed by atoms with Crippen molar-refractivity contribution in [2.24, 2.45) is 0 Å². The largest absolute Gasteiger partial charge is 0.310 e. The molecule has 48 heavy (non-hydrogen) atoms. The summed E-state index contributed by atoms with van der Waals surface area (Å²) in [5.74, 6) is 0. The summed E-state index contributed by atoms with van der Waals surface area (Å²) in [6.07, 6.45) is 0. The number of rotatable bonds is 4. The molecule has 0 aliphatic rings. The zero-order chi connectivity index (χ0) is 31.6. The summed E-state index contributed by atoms with van der Waals surface area (Å²) in [7, 11) is 0. The Labute approximate surface area is 278 Å². The zero-order valence-corrected chi connectivity index (χ0v) is 26.1. The maximum Gasteiger partial charge on any atom is 0.0631 e. The van der Waals surface area contributed by atoms with E-state index < -0.39 is 0 Å². The summed E-state index contributed by atoms with van der Waals surface area (Å²) >= 11 is 0. The molecule has 9 aromatic carbocycles. The van der Waals surface area contributed by atoms with Crippen molar-refractivity contribution < 1.29 is 0 Å². The van der Waals surface area contributed by atoms with E-state index >= 15 is 0 Å². The molecule has 0 N–H and O–H groups in total. The van der Waals surface area contributed by atoms with Crippen LogP contribution in [0.5, 0.6) is 0 Å². The predicted octanol–water partition coefficient (Wildman–Crippen LogP) is 12.5. The van der Waals surface area contributed by atoms with E-state index in [9.17, 15) is 0 Å². The summed E-state index contributed by atoms with van der Waals surface area (Å²) in [6, 6.07) is 67.9. The number of hydrogen-bond acceptors (Lipinski definition) is 1. The van der Waals surface area contributed by atoms with Gasteiger partial charge in [-0.25, -0.2) is 0 Å². The third-order valence-corrected chi connectivity index (χ3v) is 9.76. The molecule has 1 heterocycles. The van der Waals surface area contributed by atoms with Crippen LogP contribution in [0.25, 0.3) is 70.6 Å². The normalized spacial score (nSPS) is 11.6. The quantitative estimate of drug-likeness (QED) is 0.180. The molecule has 0 spiro atoms. The number of fused-ring (bicyclic) bond motifs is 10. The molecule has 0 atom stereocenters. The number of benzene rings is 8. The molecule has 0 aliphatic carbocycles. The van der Waals surface area contributed by atoms with Gasteiger partial charge in [0.15, 0.2) is 0 Å². The fourth-order valence-electron chi connectivity index (χ4n) is 7.68. The van der Waals surface area contributed by atoms with E-state index in [0.717, 1.165) is 44.6 Å². The van der Waals surface area contributed by atoms with Crippen molar-refractivity contribution in [3.8, 4) is 5.69 Å². The maximum atomic E-state index is 3.44. The molecule has 0 fully saturated rings. The molecule has 0 radical (unpaired) electrons. The number of nitrogens with zero attached hydrogens (tertiary/aromatic N) is 2. The summed E-state index contributed by atoms with van der Waals surface area (Å²) in [5.41, 5.74) is 6.71. The van der Waals surface area contributed by atoms with E-state index in [0.29, 0.717) is 0 Å². The SMILES string of the molecule is c1ccc2c(c#1)c1ccc(N(c3ccccc3)c3cccc4c5ccccc5c5ccccc5c34)cc1n2-c1ccc2ccccc2c1. The molecule has 222 valence electrons. The van der Waals surface area contributed by atoms with Crippen LogP contribution in [0.3, 0.4) is 0 Å². The molecule has 0 amide bonds. The molecule has 0 saturated carbocycles. The average molecular weight is 609 g/mol. The Morgan fingerprint density at radius 1 is 0.438 bits per heavy atom. The van der Waals surface area contributed by atoms with Crippen molar-refractivity contribution in [2.75, 3.05) is 4.90 Å². The Kier molecular flexibility index (Phi) is 5.82. The molecule has 0 saturated heterocycles. The monoisotopic (exact) mass is 608 g/mol. The minimum atomic E-state index is 1.07. The number of anilines is 3. The van der Waals surface area contributed by atoms with Crippen molar-refractivity contribution in [3.63, 3.8) is 0 Å². The van der Waals surface area contributed by atoms with Gasteiger partial charge in [-0.1, -0.05) is 121 Å². The first-order valence-electron chi connectivity index (χ1n) is 16.4. The first-order chi connectivity index (χ1) is 23.8. The van der Waals surface area contributed by atoms with Crippen molar-refractivity contribution in [1.29, 1.82) is 0 Å².